The fourth-order valence-corrected chi connectivity index (χ4v) is 3.11. The summed E-state index contributed by atoms with van der Waals surface area (Å²) in [5, 5.41) is 3.30. The third-order valence-corrected chi connectivity index (χ3v) is 3.92. The number of nitrogens with zero attached hydrogens (tertiary/aromatic N) is 1. The van der Waals surface area contributed by atoms with Gasteiger partial charge in [-0.2, -0.15) is 0 Å². The smallest absolute Gasteiger partial charge is 0.326 e. The quantitative estimate of drug-likeness (QED) is 0.761. The molecule has 0 spiro atoms. The first kappa shape index (κ1) is 17.3. The highest BCUT2D eigenvalue weighted by Gasteiger charge is 2.45. The van der Waals surface area contributed by atoms with Gasteiger partial charge >= 0.3 is 5.97 Å². The van der Waals surface area contributed by atoms with Crippen LogP contribution in [-0.2, 0) is 9.53 Å². The molecule has 0 aromatic carbocycles. The average Bonchev–Trinajstić information content (AvgIpc) is 2.36. The number of carbonyl (C=O) groups excluding carboxylic acids is 1. The summed E-state index contributed by atoms with van der Waals surface area (Å²) in [4.78, 5) is 13.8. The molecule has 20 heavy (non-hydrogen) atoms. The number of methoxy groups -OCH3 is 1. The Morgan fingerprint density at radius 1 is 1.50 bits per heavy atom. The Labute approximate surface area is 119 Å². The summed E-state index contributed by atoms with van der Waals surface area (Å²) in [5.74, 6) is -0.290. The lowest BCUT2D eigenvalue weighted by molar-refractivity contribution is -0.151. The SMILES string of the molecule is COC(=O)C1(NC(C)C)CCCC(N(C)CC(F)F)C1. The molecule has 0 saturated heterocycles. The van der Waals surface area contributed by atoms with Crippen LogP contribution in [0.5, 0.6) is 0 Å². The molecule has 0 amide bonds. The molecule has 0 aliphatic heterocycles. The molecule has 2 atom stereocenters. The molecule has 1 saturated carbocycles. The molecule has 1 N–H and O–H groups in total. The molecule has 0 heterocycles. The topological polar surface area (TPSA) is 41.6 Å². The molecular weight excluding hydrogens is 266 g/mol. The van der Waals surface area contributed by atoms with E-state index in [4.69, 9.17) is 4.74 Å². The number of carbonyl (C=O) groups is 1. The van der Waals surface area contributed by atoms with Gasteiger partial charge in [0, 0.05) is 12.1 Å². The van der Waals surface area contributed by atoms with Crippen molar-refractivity contribution < 1.29 is 18.3 Å². The van der Waals surface area contributed by atoms with E-state index >= 15 is 0 Å². The molecule has 2 unspecified atom stereocenters. The zero-order chi connectivity index (χ0) is 15.3. The van der Waals surface area contributed by atoms with E-state index in [-0.39, 0.29) is 24.6 Å². The van der Waals surface area contributed by atoms with E-state index in [1.165, 1.54) is 7.11 Å². The van der Waals surface area contributed by atoms with Gasteiger partial charge in [-0.05, 0) is 46.6 Å². The maximum Gasteiger partial charge on any atom is 0.326 e. The molecule has 1 aliphatic rings. The van der Waals surface area contributed by atoms with Gasteiger partial charge in [-0.1, -0.05) is 0 Å². The van der Waals surface area contributed by atoms with Crippen LogP contribution in [0.25, 0.3) is 0 Å². The molecule has 1 rings (SSSR count). The first-order chi connectivity index (χ1) is 9.30. The van der Waals surface area contributed by atoms with Crippen molar-refractivity contribution in [3.8, 4) is 0 Å². The second-order valence-electron chi connectivity index (χ2n) is 5.95. The largest absolute Gasteiger partial charge is 0.468 e. The average molecular weight is 292 g/mol. The van der Waals surface area contributed by atoms with Crippen molar-refractivity contribution in [2.24, 2.45) is 0 Å². The van der Waals surface area contributed by atoms with Crippen molar-refractivity contribution in [3.63, 3.8) is 0 Å². The lowest BCUT2D eigenvalue weighted by Crippen LogP contribution is -2.60. The Hall–Kier alpha value is -0.750. The maximum atomic E-state index is 12.5. The minimum absolute atomic E-state index is 0.0249. The normalized spacial score (nSPS) is 27.4. The standard InChI is InChI=1S/C14H26F2N2O2/c1-10(2)17-14(13(19)20-4)7-5-6-11(8-14)18(3)9-12(15)16/h10-12,17H,5-9H2,1-4H3. The minimum atomic E-state index is -2.35. The van der Waals surface area contributed by atoms with Crippen LogP contribution in [0.4, 0.5) is 8.78 Å². The van der Waals surface area contributed by atoms with Crippen LogP contribution >= 0.6 is 0 Å². The Balaban J connectivity index is 2.82. The van der Waals surface area contributed by atoms with Gasteiger partial charge in [0.25, 0.3) is 6.43 Å². The number of alkyl halides is 2. The van der Waals surface area contributed by atoms with Crippen molar-refractivity contribution >= 4 is 5.97 Å². The van der Waals surface area contributed by atoms with E-state index in [0.717, 1.165) is 12.8 Å². The summed E-state index contributed by atoms with van der Waals surface area (Å²) in [6.45, 7) is 3.68. The first-order valence-corrected chi connectivity index (χ1v) is 7.15. The van der Waals surface area contributed by atoms with Gasteiger partial charge in [0.2, 0.25) is 0 Å². The third kappa shape index (κ3) is 4.38. The lowest BCUT2D eigenvalue weighted by atomic mass is 9.78. The van der Waals surface area contributed by atoms with E-state index < -0.39 is 12.0 Å². The van der Waals surface area contributed by atoms with Crippen molar-refractivity contribution in [2.75, 3.05) is 20.7 Å². The minimum Gasteiger partial charge on any atom is -0.468 e. The van der Waals surface area contributed by atoms with Crippen molar-refractivity contribution in [3.05, 3.63) is 0 Å². The van der Waals surface area contributed by atoms with Gasteiger partial charge in [0.15, 0.2) is 0 Å². The summed E-state index contributed by atoms with van der Waals surface area (Å²) in [7, 11) is 3.07. The summed E-state index contributed by atoms with van der Waals surface area (Å²) in [5.41, 5.74) is -0.748. The molecule has 4 nitrogen and oxygen atoms in total. The van der Waals surface area contributed by atoms with E-state index in [0.29, 0.717) is 12.8 Å². The van der Waals surface area contributed by atoms with Crippen LogP contribution < -0.4 is 5.32 Å². The highest BCUT2D eigenvalue weighted by atomic mass is 19.3. The number of hydrogen-bond acceptors (Lipinski definition) is 4. The second-order valence-corrected chi connectivity index (χ2v) is 5.95. The Morgan fingerprint density at radius 2 is 2.15 bits per heavy atom. The Kier molecular flexibility index (Phi) is 6.33. The number of esters is 1. The van der Waals surface area contributed by atoms with Crippen LogP contribution in [0.1, 0.15) is 39.5 Å². The molecular formula is C14H26F2N2O2. The third-order valence-electron chi connectivity index (χ3n) is 3.92. The number of hydrogen-bond donors (Lipinski definition) is 1. The van der Waals surface area contributed by atoms with Crippen LogP contribution in [0.3, 0.4) is 0 Å². The number of nitrogens with one attached hydrogen (secondary N) is 1. The van der Waals surface area contributed by atoms with Crippen LogP contribution in [0, 0.1) is 0 Å². The Bertz CT molecular complexity index is 326. The molecule has 0 aromatic heterocycles. The van der Waals surface area contributed by atoms with Crippen LogP contribution in [-0.4, -0.2) is 55.6 Å². The predicted molar refractivity (Wildman–Crippen MR) is 73.9 cm³/mol. The van der Waals surface area contributed by atoms with E-state index in [2.05, 4.69) is 5.32 Å². The van der Waals surface area contributed by atoms with Gasteiger partial charge < -0.3 is 4.74 Å². The monoisotopic (exact) mass is 292 g/mol. The molecule has 1 fully saturated rings. The van der Waals surface area contributed by atoms with Gasteiger partial charge in [0.05, 0.1) is 13.7 Å². The van der Waals surface area contributed by atoms with Crippen molar-refractivity contribution in [1.29, 1.82) is 0 Å². The van der Waals surface area contributed by atoms with Gasteiger partial charge in [0.1, 0.15) is 5.54 Å². The fraction of sp³-hybridized carbons (Fsp3) is 0.929. The fourth-order valence-electron chi connectivity index (χ4n) is 3.11. The summed E-state index contributed by atoms with van der Waals surface area (Å²) < 4.78 is 30.0. The van der Waals surface area contributed by atoms with Crippen LogP contribution in [0.15, 0.2) is 0 Å². The molecule has 0 aromatic rings. The molecule has 6 heteroatoms. The van der Waals surface area contributed by atoms with Gasteiger partial charge in [-0.15, -0.1) is 0 Å². The summed E-state index contributed by atoms with van der Waals surface area (Å²) >= 11 is 0. The zero-order valence-corrected chi connectivity index (χ0v) is 12.8. The van der Waals surface area contributed by atoms with E-state index in [1.54, 1.807) is 11.9 Å². The van der Waals surface area contributed by atoms with Gasteiger partial charge in [-0.3, -0.25) is 15.0 Å². The first-order valence-electron chi connectivity index (χ1n) is 7.15. The number of rotatable bonds is 6. The van der Waals surface area contributed by atoms with Crippen molar-refractivity contribution in [2.45, 2.75) is 63.6 Å². The van der Waals surface area contributed by atoms with Crippen molar-refractivity contribution in [1.82, 2.24) is 10.2 Å². The van der Waals surface area contributed by atoms with E-state index in [1.807, 2.05) is 13.8 Å². The molecule has 0 radical (unpaired) electrons. The predicted octanol–water partition coefficient (Wildman–Crippen LogP) is 2.04. The number of ether oxygens (including phenoxy) is 1. The Morgan fingerprint density at radius 3 is 2.65 bits per heavy atom. The highest BCUT2D eigenvalue weighted by Crippen LogP contribution is 2.32. The molecule has 0 bridgehead atoms. The maximum absolute atomic E-state index is 12.5. The van der Waals surface area contributed by atoms with E-state index in [9.17, 15) is 13.6 Å². The molecule has 118 valence electrons. The molecule has 1 aliphatic carbocycles. The highest BCUT2D eigenvalue weighted by molar-refractivity contribution is 5.81. The van der Waals surface area contributed by atoms with Gasteiger partial charge in [-0.25, -0.2) is 8.78 Å². The summed E-state index contributed by atoms with van der Waals surface area (Å²) in [6, 6.07) is 0.108. The second kappa shape index (κ2) is 7.31. The van der Waals surface area contributed by atoms with Crippen LogP contribution in [0.2, 0.25) is 0 Å². The zero-order valence-electron chi connectivity index (χ0n) is 12.8. The lowest BCUT2D eigenvalue weighted by Gasteiger charge is -2.43. The number of halogens is 2. The summed E-state index contributed by atoms with van der Waals surface area (Å²) in [6.07, 6.45) is 0.514.